The van der Waals surface area contributed by atoms with Crippen LogP contribution in [0.5, 0.6) is 5.75 Å². The molecule has 3 aromatic rings. The van der Waals surface area contributed by atoms with E-state index < -0.39 is 0 Å². The maximum Gasteiger partial charge on any atom is 0.234 e. The second-order valence-corrected chi connectivity index (χ2v) is 12.8. The summed E-state index contributed by atoms with van der Waals surface area (Å²) in [7, 11) is 0. The number of nitrogens with zero attached hydrogens (tertiary/aromatic N) is 1. The largest absolute Gasteiger partial charge is 0.507 e. The Labute approximate surface area is 254 Å². The van der Waals surface area contributed by atoms with Crippen LogP contribution < -0.4 is 0 Å². The van der Waals surface area contributed by atoms with Crippen LogP contribution in [0.1, 0.15) is 75.8 Å². The number of phenols is 1. The molecule has 0 unspecified atom stereocenters. The van der Waals surface area contributed by atoms with Crippen LogP contribution in [-0.2, 0) is 14.3 Å². The SMILES string of the molecule is CCC1=C2[C@@H](CC/C(=C/c3ccc(O)c4ccccc34)c3ccccc3)OC[C@@H]2[C@@H]2C(=O)N(C3CCCCC3)C(=O)[C@@H]2C1. The molecule has 0 spiro atoms. The smallest absolute Gasteiger partial charge is 0.234 e. The van der Waals surface area contributed by atoms with Gasteiger partial charge in [-0.3, -0.25) is 14.5 Å². The molecule has 7 rings (SSSR count). The van der Waals surface area contributed by atoms with Crippen LogP contribution >= 0.6 is 0 Å². The minimum absolute atomic E-state index is 0.00828. The summed E-state index contributed by atoms with van der Waals surface area (Å²) < 4.78 is 6.53. The molecule has 5 heteroatoms. The van der Waals surface area contributed by atoms with Gasteiger partial charge in [0.15, 0.2) is 0 Å². The molecular formula is C38H41NO4. The van der Waals surface area contributed by atoms with Crippen molar-refractivity contribution in [2.75, 3.05) is 6.61 Å². The van der Waals surface area contributed by atoms with E-state index in [1.165, 1.54) is 28.7 Å². The molecule has 2 saturated heterocycles. The Bertz CT molecular complexity index is 1600. The Hall–Kier alpha value is -3.70. The van der Waals surface area contributed by atoms with Gasteiger partial charge in [-0.25, -0.2) is 0 Å². The van der Waals surface area contributed by atoms with E-state index in [-0.39, 0.29) is 47.5 Å². The highest BCUT2D eigenvalue weighted by atomic mass is 16.5. The van der Waals surface area contributed by atoms with Crippen LogP contribution in [0.25, 0.3) is 22.4 Å². The number of phenolic OH excluding ortho intramolecular Hbond substituents is 1. The molecule has 0 radical (unpaired) electrons. The average molecular weight is 576 g/mol. The lowest BCUT2D eigenvalue weighted by Gasteiger charge is -2.31. The van der Waals surface area contributed by atoms with Crippen LogP contribution in [0.15, 0.2) is 77.9 Å². The third-order valence-corrected chi connectivity index (χ3v) is 10.5. The van der Waals surface area contributed by atoms with Gasteiger partial charge in [0.25, 0.3) is 0 Å². The monoisotopic (exact) mass is 575 g/mol. The third-order valence-electron chi connectivity index (χ3n) is 10.5. The number of fused-ring (bicyclic) bond motifs is 4. The quantitative estimate of drug-likeness (QED) is 0.177. The first-order chi connectivity index (χ1) is 21.0. The molecule has 3 aromatic carbocycles. The summed E-state index contributed by atoms with van der Waals surface area (Å²) in [5.74, 6) is -0.0520. The standard InChI is InChI=1S/C38H41NO4/c1-2-24-22-31-36(38(42)39(37(31)41)28-13-7-4-8-14-28)32-23-43-34(35(24)32)20-18-26(25-11-5-3-6-12-25)21-27-17-19-33(40)30-16-10-9-15-29(27)30/h3,5-6,9-12,15-17,19,21,28,31-32,34,36,40H,2,4,7-8,13-14,18,20,22-23H2,1H3/b26-21-/t31-,32+,34-,36-/m1/s1. The first-order valence-corrected chi connectivity index (χ1v) is 16.2. The molecule has 2 heterocycles. The van der Waals surface area contributed by atoms with Crippen LogP contribution in [-0.4, -0.2) is 40.6 Å². The fourth-order valence-corrected chi connectivity index (χ4v) is 8.39. The summed E-state index contributed by atoms with van der Waals surface area (Å²) in [5.41, 5.74) is 6.09. The Morgan fingerprint density at radius 3 is 2.42 bits per heavy atom. The molecule has 1 saturated carbocycles. The molecule has 222 valence electrons. The molecule has 1 N–H and O–H groups in total. The number of imide groups is 1. The van der Waals surface area contributed by atoms with Crippen LogP contribution in [0.3, 0.4) is 0 Å². The zero-order chi connectivity index (χ0) is 29.5. The molecule has 2 amide bonds. The second-order valence-electron chi connectivity index (χ2n) is 12.8. The number of rotatable bonds is 7. The van der Waals surface area contributed by atoms with E-state index in [2.05, 4.69) is 43.3 Å². The molecule has 5 nitrogen and oxygen atoms in total. The number of likely N-dealkylation sites (tertiary alicyclic amines) is 1. The maximum atomic E-state index is 13.9. The van der Waals surface area contributed by atoms with Gasteiger partial charge in [0.1, 0.15) is 5.75 Å². The molecular weight excluding hydrogens is 534 g/mol. The van der Waals surface area contributed by atoms with Crippen LogP contribution in [0, 0.1) is 17.8 Å². The third kappa shape index (κ3) is 5.02. The van der Waals surface area contributed by atoms with Crippen molar-refractivity contribution in [2.24, 2.45) is 17.8 Å². The van der Waals surface area contributed by atoms with Crippen molar-refractivity contribution in [2.45, 2.75) is 76.9 Å². The molecule has 0 bridgehead atoms. The van der Waals surface area contributed by atoms with Crippen molar-refractivity contribution in [1.29, 1.82) is 0 Å². The molecule has 4 atom stereocenters. The van der Waals surface area contributed by atoms with E-state index in [4.69, 9.17) is 4.74 Å². The predicted molar refractivity (Wildman–Crippen MR) is 170 cm³/mol. The minimum Gasteiger partial charge on any atom is -0.507 e. The van der Waals surface area contributed by atoms with Gasteiger partial charge in [0, 0.05) is 17.3 Å². The number of carbonyl (C=O) groups is 2. The summed E-state index contributed by atoms with van der Waals surface area (Å²) in [6.45, 7) is 2.70. The van der Waals surface area contributed by atoms with Crippen molar-refractivity contribution in [1.82, 2.24) is 4.90 Å². The normalized spacial score (nSPS) is 26.3. The van der Waals surface area contributed by atoms with Crippen molar-refractivity contribution < 1.29 is 19.4 Å². The van der Waals surface area contributed by atoms with Crippen molar-refractivity contribution >= 4 is 34.2 Å². The van der Waals surface area contributed by atoms with Gasteiger partial charge < -0.3 is 9.84 Å². The predicted octanol–water partition coefficient (Wildman–Crippen LogP) is 7.93. The van der Waals surface area contributed by atoms with Crippen molar-refractivity contribution in [3.63, 3.8) is 0 Å². The lowest BCUT2D eigenvalue weighted by atomic mass is 9.69. The van der Waals surface area contributed by atoms with Crippen LogP contribution in [0.4, 0.5) is 0 Å². The zero-order valence-corrected chi connectivity index (χ0v) is 25.0. The zero-order valence-electron chi connectivity index (χ0n) is 25.0. The fraction of sp³-hybridized carbons (Fsp3) is 0.421. The molecule has 43 heavy (non-hydrogen) atoms. The maximum absolute atomic E-state index is 13.9. The summed E-state index contributed by atoms with van der Waals surface area (Å²) >= 11 is 0. The Morgan fingerprint density at radius 1 is 0.907 bits per heavy atom. The van der Waals surface area contributed by atoms with Gasteiger partial charge in [-0.15, -0.1) is 0 Å². The number of hydrogen-bond donors (Lipinski definition) is 1. The van der Waals surface area contributed by atoms with Crippen molar-refractivity contribution in [3.8, 4) is 5.75 Å². The van der Waals surface area contributed by atoms with Gasteiger partial charge >= 0.3 is 0 Å². The summed E-state index contributed by atoms with van der Waals surface area (Å²) in [6.07, 6.45) is 10.7. The van der Waals surface area contributed by atoms with E-state index in [1.807, 2.05) is 30.3 Å². The average Bonchev–Trinajstić information content (AvgIpc) is 3.58. The van der Waals surface area contributed by atoms with Gasteiger partial charge in [-0.1, -0.05) is 98.5 Å². The highest BCUT2D eigenvalue weighted by Crippen LogP contribution is 2.51. The number of carbonyl (C=O) groups excluding carboxylic acids is 2. The lowest BCUT2D eigenvalue weighted by Crippen LogP contribution is -2.42. The fourth-order valence-electron chi connectivity index (χ4n) is 8.39. The lowest BCUT2D eigenvalue weighted by molar-refractivity contribution is -0.143. The minimum atomic E-state index is -0.266. The Balaban J connectivity index is 1.17. The summed E-state index contributed by atoms with van der Waals surface area (Å²) in [5, 5.41) is 12.3. The van der Waals surface area contributed by atoms with Crippen LogP contribution in [0.2, 0.25) is 0 Å². The molecule has 3 fully saturated rings. The number of amides is 2. The van der Waals surface area contributed by atoms with Gasteiger partial charge in [0.05, 0.1) is 24.5 Å². The summed E-state index contributed by atoms with van der Waals surface area (Å²) in [6, 6.07) is 22.3. The van der Waals surface area contributed by atoms with Gasteiger partial charge in [-0.2, -0.15) is 0 Å². The molecule has 4 aliphatic rings. The number of benzene rings is 3. The molecule has 2 aliphatic heterocycles. The topological polar surface area (TPSA) is 66.8 Å². The number of ether oxygens (including phenoxy) is 1. The first-order valence-electron chi connectivity index (χ1n) is 16.2. The molecule has 2 aliphatic carbocycles. The summed E-state index contributed by atoms with van der Waals surface area (Å²) in [4.78, 5) is 29.2. The Morgan fingerprint density at radius 2 is 1.65 bits per heavy atom. The van der Waals surface area contributed by atoms with E-state index in [0.29, 0.717) is 13.0 Å². The number of allylic oxidation sites excluding steroid dienone is 2. The highest BCUT2D eigenvalue weighted by Gasteiger charge is 2.57. The van der Waals surface area contributed by atoms with Gasteiger partial charge in [0.2, 0.25) is 11.8 Å². The number of hydrogen-bond acceptors (Lipinski definition) is 4. The number of aromatic hydroxyl groups is 1. The van der Waals surface area contributed by atoms with Gasteiger partial charge in [-0.05, 0) is 72.3 Å². The van der Waals surface area contributed by atoms with E-state index in [9.17, 15) is 14.7 Å². The van der Waals surface area contributed by atoms with Crippen molar-refractivity contribution in [3.05, 3.63) is 89.0 Å². The molecule has 0 aromatic heterocycles. The van der Waals surface area contributed by atoms with E-state index in [1.54, 1.807) is 11.0 Å². The first kappa shape index (κ1) is 28.1. The van der Waals surface area contributed by atoms with E-state index >= 15 is 0 Å². The van der Waals surface area contributed by atoms with E-state index in [0.717, 1.165) is 61.3 Å². The second kappa shape index (κ2) is 11.8. The Kier molecular flexibility index (Phi) is 7.69. The highest BCUT2D eigenvalue weighted by molar-refractivity contribution is 6.06.